The van der Waals surface area contributed by atoms with Crippen LogP contribution in [-0.2, 0) is 17.7 Å². The summed E-state index contributed by atoms with van der Waals surface area (Å²) in [5.74, 6) is 0. The standard InChI is InChI=1S/C18H27N3O2/c1-18(2,3)23-17(22)21-9-7-13-4-5-15(10-14(13)12-21)20-16-6-8-19-11-16/h4-5,10,16,19-20H,6-9,11-12H2,1-3H3. The summed E-state index contributed by atoms with van der Waals surface area (Å²) in [5, 5.41) is 6.94. The van der Waals surface area contributed by atoms with Crippen LogP contribution in [0.15, 0.2) is 18.2 Å². The van der Waals surface area contributed by atoms with Crippen molar-refractivity contribution in [3.63, 3.8) is 0 Å². The van der Waals surface area contributed by atoms with E-state index in [-0.39, 0.29) is 6.09 Å². The van der Waals surface area contributed by atoms with Gasteiger partial charge in [-0.2, -0.15) is 0 Å². The van der Waals surface area contributed by atoms with E-state index in [1.54, 1.807) is 4.90 Å². The number of fused-ring (bicyclic) bond motifs is 1. The van der Waals surface area contributed by atoms with Gasteiger partial charge in [-0.15, -0.1) is 0 Å². The van der Waals surface area contributed by atoms with E-state index in [0.29, 0.717) is 12.6 Å². The maximum Gasteiger partial charge on any atom is 0.410 e. The third-order valence-electron chi connectivity index (χ3n) is 4.30. The Hall–Kier alpha value is -1.75. The Morgan fingerprint density at radius 1 is 1.35 bits per heavy atom. The van der Waals surface area contributed by atoms with Gasteiger partial charge in [0.05, 0.1) is 0 Å². The second-order valence-corrected chi connectivity index (χ2v) is 7.47. The highest BCUT2D eigenvalue weighted by Crippen LogP contribution is 2.24. The number of benzene rings is 1. The first-order valence-electron chi connectivity index (χ1n) is 8.48. The maximum atomic E-state index is 12.3. The van der Waals surface area contributed by atoms with E-state index in [2.05, 4.69) is 28.8 Å². The molecule has 5 nitrogen and oxygen atoms in total. The first-order valence-corrected chi connectivity index (χ1v) is 8.48. The van der Waals surface area contributed by atoms with Gasteiger partial charge >= 0.3 is 6.09 Å². The minimum absolute atomic E-state index is 0.221. The molecule has 0 radical (unpaired) electrons. The van der Waals surface area contributed by atoms with Crippen molar-refractivity contribution in [2.75, 3.05) is 25.0 Å². The molecule has 2 aliphatic rings. The molecule has 0 aromatic heterocycles. The molecular formula is C18H27N3O2. The number of rotatable bonds is 2. The second-order valence-electron chi connectivity index (χ2n) is 7.47. The van der Waals surface area contributed by atoms with E-state index in [9.17, 15) is 4.79 Å². The average Bonchev–Trinajstić information content (AvgIpc) is 2.97. The lowest BCUT2D eigenvalue weighted by Gasteiger charge is -2.31. The molecular weight excluding hydrogens is 290 g/mol. The second kappa shape index (κ2) is 6.40. The zero-order valence-electron chi connectivity index (χ0n) is 14.3. The van der Waals surface area contributed by atoms with Gasteiger partial charge in [0.2, 0.25) is 0 Å². The fourth-order valence-corrected chi connectivity index (χ4v) is 3.14. The van der Waals surface area contributed by atoms with Crippen molar-refractivity contribution < 1.29 is 9.53 Å². The molecule has 1 unspecified atom stereocenters. The summed E-state index contributed by atoms with van der Waals surface area (Å²) in [6.07, 6.45) is 1.82. The van der Waals surface area contributed by atoms with E-state index in [4.69, 9.17) is 4.74 Å². The first-order chi connectivity index (χ1) is 10.9. The molecule has 0 saturated carbocycles. The third kappa shape index (κ3) is 4.16. The lowest BCUT2D eigenvalue weighted by atomic mass is 9.99. The molecule has 1 amide bonds. The van der Waals surface area contributed by atoms with Crippen LogP contribution in [-0.4, -0.2) is 42.3 Å². The zero-order valence-corrected chi connectivity index (χ0v) is 14.3. The van der Waals surface area contributed by atoms with Gasteiger partial charge in [0, 0.05) is 31.4 Å². The molecule has 1 aromatic rings. The Morgan fingerprint density at radius 3 is 2.87 bits per heavy atom. The maximum absolute atomic E-state index is 12.3. The van der Waals surface area contributed by atoms with Crippen LogP contribution in [0, 0.1) is 0 Å². The third-order valence-corrected chi connectivity index (χ3v) is 4.30. The number of anilines is 1. The minimum atomic E-state index is -0.448. The summed E-state index contributed by atoms with van der Waals surface area (Å²) in [6, 6.07) is 7.02. The van der Waals surface area contributed by atoms with Crippen LogP contribution in [0.25, 0.3) is 0 Å². The summed E-state index contributed by atoms with van der Waals surface area (Å²) in [7, 11) is 0. The van der Waals surface area contributed by atoms with Crippen LogP contribution < -0.4 is 10.6 Å². The van der Waals surface area contributed by atoms with Gasteiger partial charge in [0.25, 0.3) is 0 Å². The number of ether oxygens (including phenoxy) is 1. The Morgan fingerprint density at radius 2 is 2.17 bits per heavy atom. The van der Waals surface area contributed by atoms with Crippen LogP contribution in [0.2, 0.25) is 0 Å². The number of carbonyl (C=O) groups excluding carboxylic acids is 1. The van der Waals surface area contributed by atoms with E-state index in [1.165, 1.54) is 11.1 Å². The Balaban J connectivity index is 1.67. The molecule has 0 aliphatic carbocycles. The topological polar surface area (TPSA) is 53.6 Å². The Bertz CT molecular complexity index is 574. The summed E-state index contributed by atoms with van der Waals surface area (Å²) < 4.78 is 5.49. The fraction of sp³-hybridized carbons (Fsp3) is 0.611. The predicted octanol–water partition coefficient (Wildman–Crippen LogP) is 2.75. The van der Waals surface area contributed by atoms with Gasteiger partial charge in [-0.1, -0.05) is 6.07 Å². The number of carbonyl (C=O) groups is 1. The van der Waals surface area contributed by atoms with Crippen molar-refractivity contribution in [1.82, 2.24) is 10.2 Å². The van der Waals surface area contributed by atoms with Crippen LogP contribution in [0.4, 0.5) is 10.5 Å². The normalized spacial score (nSPS) is 21.0. The van der Waals surface area contributed by atoms with Crippen LogP contribution in [0.3, 0.4) is 0 Å². The van der Waals surface area contributed by atoms with E-state index in [0.717, 1.165) is 38.2 Å². The SMILES string of the molecule is CC(C)(C)OC(=O)N1CCc2ccc(NC3CCNC3)cc2C1. The summed E-state index contributed by atoms with van der Waals surface area (Å²) in [6.45, 7) is 9.15. The zero-order chi connectivity index (χ0) is 16.4. The van der Waals surface area contributed by atoms with Crippen molar-refractivity contribution in [2.24, 2.45) is 0 Å². The lowest BCUT2D eigenvalue weighted by molar-refractivity contribution is 0.0224. The molecule has 23 heavy (non-hydrogen) atoms. The van der Waals surface area contributed by atoms with Crippen LogP contribution in [0.5, 0.6) is 0 Å². The molecule has 2 N–H and O–H groups in total. The smallest absolute Gasteiger partial charge is 0.410 e. The van der Waals surface area contributed by atoms with E-state index < -0.39 is 5.60 Å². The van der Waals surface area contributed by atoms with Crippen LogP contribution >= 0.6 is 0 Å². The van der Waals surface area contributed by atoms with Gasteiger partial charge in [-0.05, 0) is 63.4 Å². The monoisotopic (exact) mass is 317 g/mol. The first kappa shape index (κ1) is 16.1. The minimum Gasteiger partial charge on any atom is -0.444 e. The number of nitrogens with zero attached hydrogens (tertiary/aromatic N) is 1. The molecule has 0 spiro atoms. The average molecular weight is 317 g/mol. The van der Waals surface area contributed by atoms with Crippen molar-refractivity contribution in [1.29, 1.82) is 0 Å². The summed E-state index contributed by atoms with van der Waals surface area (Å²) in [5.41, 5.74) is 3.25. The molecule has 1 atom stereocenters. The number of amides is 1. The van der Waals surface area contributed by atoms with Gasteiger partial charge in [0.15, 0.2) is 0 Å². The quantitative estimate of drug-likeness (QED) is 0.881. The largest absolute Gasteiger partial charge is 0.444 e. The molecule has 2 aliphatic heterocycles. The van der Waals surface area contributed by atoms with Gasteiger partial charge < -0.3 is 20.3 Å². The predicted molar refractivity (Wildman–Crippen MR) is 91.7 cm³/mol. The highest BCUT2D eigenvalue weighted by Gasteiger charge is 2.26. The van der Waals surface area contributed by atoms with Crippen molar-refractivity contribution in [3.8, 4) is 0 Å². The summed E-state index contributed by atoms with van der Waals surface area (Å²) in [4.78, 5) is 14.1. The molecule has 1 saturated heterocycles. The molecule has 1 fully saturated rings. The van der Waals surface area contributed by atoms with Crippen molar-refractivity contribution >= 4 is 11.8 Å². The number of hydrogen-bond donors (Lipinski definition) is 2. The molecule has 0 bridgehead atoms. The lowest BCUT2D eigenvalue weighted by Crippen LogP contribution is -2.39. The fourth-order valence-electron chi connectivity index (χ4n) is 3.14. The number of nitrogens with one attached hydrogen (secondary N) is 2. The molecule has 5 heteroatoms. The number of hydrogen-bond acceptors (Lipinski definition) is 4. The molecule has 126 valence electrons. The Kier molecular flexibility index (Phi) is 4.48. The van der Waals surface area contributed by atoms with Gasteiger partial charge in [-0.25, -0.2) is 4.79 Å². The molecule has 1 aromatic carbocycles. The van der Waals surface area contributed by atoms with Gasteiger partial charge in [-0.3, -0.25) is 0 Å². The summed E-state index contributed by atoms with van der Waals surface area (Å²) >= 11 is 0. The van der Waals surface area contributed by atoms with Crippen molar-refractivity contribution in [2.45, 2.75) is 51.8 Å². The highest BCUT2D eigenvalue weighted by molar-refractivity contribution is 5.69. The Labute approximate surface area is 138 Å². The van der Waals surface area contributed by atoms with E-state index in [1.807, 2.05) is 20.8 Å². The van der Waals surface area contributed by atoms with Crippen LogP contribution in [0.1, 0.15) is 38.3 Å². The highest BCUT2D eigenvalue weighted by atomic mass is 16.6. The molecule has 2 heterocycles. The van der Waals surface area contributed by atoms with Gasteiger partial charge in [0.1, 0.15) is 5.60 Å². The van der Waals surface area contributed by atoms with Crippen molar-refractivity contribution in [3.05, 3.63) is 29.3 Å². The van der Waals surface area contributed by atoms with E-state index >= 15 is 0 Å². The molecule has 3 rings (SSSR count).